The summed E-state index contributed by atoms with van der Waals surface area (Å²) >= 11 is 1.44. The van der Waals surface area contributed by atoms with E-state index in [1.54, 1.807) is 34.6 Å². The van der Waals surface area contributed by atoms with E-state index in [4.69, 9.17) is 15.4 Å². The van der Waals surface area contributed by atoms with Crippen LogP contribution >= 0.6 is 22.0 Å². The van der Waals surface area contributed by atoms with Crippen LogP contribution < -0.4 is 5.32 Å². The predicted octanol–water partition coefficient (Wildman–Crippen LogP) is 3.91. The molecule has 0 aliphatic rings. The zero-order chi connectivity index (χ0) is 17.2. The summed E-state index contributed by atoms with van der Waals surface area (Å²) in [6.45, 7) is 8.78. The third-order valence-electron chi connectivity index (χ3n) is 2.81. The van der Waals surface area contributed by atoms with Gasteiger partial charge in [-0.3, -0.25) is 0 Å². The highest BCUT2D eigenvalue weighted by Crippen LogP contribution is 2.37. The Morgan fingerprint density at radius 2 is 1.95 bits per heavy atom. The molecule has 126 valence electrons. The number of ether oxygens (including phenoxy) is 1. The molecule has 0 spiro atoms. The van der Waals surface area contributed by atoms with Gasteiger partial charge >= 0.3 is 6.09 Å². The molecule has 1 rings (SSSR count). The Bertz CT molecular complexity index is 603. The van der Waals surface area contributed by atoms with Crippen molar-refractivity contribution in [2.45, 2.75) is 46.3 Å². The van der Waals surface area contributed by atoms with Crippen LogP contribution in [0.3, 0.4) is 0 Å². The van der Waals surface area contributed by atoms with Crippen LogP contribution in [0.1, 0.15) is 45.5 Å². The number of nitrogens with one attached hydrogen (secondary N) is 1. The number of halogens is 1. The van der Waals surface area contributed by atoms with Gasteiger partial charge in [0.25, 0.3) is 0 Å². The molecule has 0 radical (unpaired) electrons. The number of hydrogen-bond acceptors (Lipinski definition) is 5. The quantitative estimate of drug-likeness (QED) is 0.801. The maximum absolute atomic E-state index is 12.1. The van der Waals surface area contributed by atoms with Gasteiger partial charge in [-0.15, -0.1) is 11.3 Å². The number of alkyl carbamates (subject to hydrolysis) is 1. The molecule has 1 heterocycles. The Morgan fingerprint density at radius 1 is 1.36 bits per heavy atom. The first-order valence-electron chi connectivity index (χ1n) is 6.75. The molecule has 1 aromatic heterocycles. The van der Waals surface area contributed by atoms with Gasteiger partial charge in [0.1, 0.15) is 5.60 Å². The van der Waals surface area contributed by atoms with Crippen LogP contribution in [0.2, 0.25) is 0 Å². The molecule has 8 heteroatoms. The maximum Gasteiger partial charge on any atom is 0.408 e. The first kappa shape index (κ1) is 19.3. The van der Waals surface area contributed by atoms with Gasteiger partial charge < -0.3 is 10.1 Å². The molecule has 1 amide bonds. The van der Waals surface area contributed by atoms with Crippen molar-refractivity contribution in [1.82, 2.24) is 5.32 Å². The Hall–Kier alpha value is -0.790. The van der Waals surface area contributed by atoms with E-state index in [2.05, 4.69) is 5.32 Å². The zero-order valence-electron chi connectivity index (χ0n) is 13.3. The van der Waals surface area contributed by atoms with Crippen molar-refractivity contribution in [2.24, 2.45) is 5.41 Å². The van der Waals surface area contributed by atoms with Gasteiger partial charge in [0.15, 0.2) is 0 Å². The lowest BCUT2D eigenvalue weighted by atomic mass is 9.85. The fourth-order valence-electron chi connectivity index (χ4n) is 2.06. The van der Waals surface area contributed by atoms with E-state index >= 15 is 0 Å². The average molecular weight is 368 g/mol. The van der Waals surface area contributed by atoms with Crippen LogP contribution in [0.4, 0.5) is 4.79 Å². The van der Waals surface area contributed by atoms with Crippen LogP contribution in [0, 0.1) is 5.41 Å². The fourth-order valence-corrected chi connectivity index (χ4v) is 4.94. The van der Waals surface area contributed by atoms with Crippen molar-refractivity contribution >= 4 is 37.2 Å². The van der Waals surface area contributed by atoms with Crippen molar-refractivity contribution in [3.8, 4) is 0 Å². The highest BCUT2D eigenvalue weighted by molar-refractivity contribution is 8.13. The van der Waals surface area contributed by atoms with Gasteiger partial charge in [0.2, 0.25) is 9.05 Å². The van der Waals surface area contributed by atoms with E-state index in [-0.39, 0.29) is 5.75 Å². The number of amides is 1. The molecule has 1 N–H and O–H groups in total. The number of carbonyl (C=O) groups excluding carboxylic acids is 1. The molecular formula is C14H22ClNO4S2. The average Bonchev–Trinajstić information content (AvgIpc) is 2.72. The van der Waals surface area contributed by atoms with Gasteiger partial charge in [0, 0.05) is 21.0 Å². The molecule has 0 fully saturated rings. The predicted molar refractivity (Wildman–Crippen MR) is 89.9 cm³/mol. The van der Waals surface area contributed by atoms with Crippen molar-refractivity contribution in [1.29, 1.82) is 0 Å². The Morgan fingerprint density at radius 3 is 2.36 bits per heavy atom. The molecule has 0 aromatic carbocycles. The maximum atomic E-state index is 12.1. The number of carbonyl (C=O) groups is 1. The molecule has 1 atom stereocenters. The Balaban J connectivity index is 3.02. The summed E-state index contributed by atoms with van der Waals surface area (Å²) in [5.41, 5.74) is -1.42. The smallest absolute Gasteiger partial charge is 0.408 e. The van der Waals surface area contributed by atoms with E-state index in [0.29, 0.717) is 0 Å². The van der Waals surface area contributed by atoms with Gasteiger partial charge in [-0.1, -0.05) is 19.9 Å². The molecule has 0 saturated heterocycles. The van der Waals surface area contributed by atoms with Crippen molar-refractivity contribution in [3.05, 3.63) is 22.4 Å². The van der Waals surface area contributed by atoms with Gasteiger partial charge in [-0.2, -0.15) is 0 Å². The van der Waals surface area contributed by atoms with E-state index < -0.39 is 32.2 Å². The second-order valence-corrected chi connectivity index (χ2v) is 10.5. The minimum absolute atomic E-state index is 0.264. The first-order valence-corrected chi connectivity index (χ1v) is 10.1. The molecule has 1 unspecified atom stereocenters. The highest BCUT2D eigenvalue weighted by atomic mass is 35.7. The lowest BCUT2D eigenvalue weighted by Crippen LogP contribution is -2.42. The summed E-state index contributed by atoms with van der Waals surface area (Å²) in [7, 11) is 1.69. The first-order chi connectivity index (χ1) is 9.80. The second-order valence-electron chi connectivity index (χ2n) is 6.77. The van der Waals surface area contributed by atoms with E-state index in [0.717, 1.165) is 4.88 Å². The molecule has 0 bridgehead atoms. The molecular weight excluding hydrogens is 346 g/mol. The number of rotatable bonds is 5. The van der Waals surface area contributed by atoms with Crippen LogP contribution in [-0.2, 0) is 13.8 Å². The normalized spacial score (nSPS) is 14.5. The summed E-state index contributed by atoms with van der Waals surface area (Å²) in [4.78, 5) is 12.9. The number of thiophene rings is 1. The second kappa shape index (κ2) is 6.76. The summed E-state index contributed by atoms with van der Waals surface area (Å²) in [5.74, 6) is -0.264. The summed E-state index contributed by atoms with van der Waals surface area (Å²) in [5, 5.41) is 4.63. The lowest BCUT2D eigenvalue weighted by Gasteiger charge is -2.34. The van der Waals surface area contributed by atoms with Crippen LogP contribution in [0.25, 0.3) is 0 Å². The largest absolute Gasteiger partial charge is 0.444 e. The highest BCUT2D eigenvalue weighted by Gasteiger charge is 2.37. The minimum Gasteiger partial charge on any atom is -0.444 e. The Kier molecular flexibility index (Phi) is 5.92. The van der Waals surface area contributed by atoms with Crippen LogP contribution in [-0.4, -0.2) is 25.9 Å². The Labute approximate surface area is 140 Å². The molecule has 22 heavy (non-hydrogen) atoms. The molecule has 1 aromatic rings. The SMILES string of the molecule is CC(C)(C)OC(=O)NC(c1cccs1)C(C)(C)CS(=O)(=O)Cl. The van der Waals surface area contributed by atoms with E-state index in [1.165, 1.54) is 11.3 Å². The standard InChI is InChI=1S/C14H22ClNO4S2/c1-13(2,3)20-12(17)16-11(10-7-6-8-21-10)14(4,5)9-22(15,18)19/h6-8,11H,9H2,1-5H3,(H,16,17). The third-order valence-corrected chi connectivity index (χ3v) is 5.17. The fraction of sp³-hybridized carbons (Fsp3) is 0.643. The molecule has 0 aliphatic carbocycles. The van der Waals surface area contributed by atoms with Gasteiger partial charge in [-0.25, -0.2) is 13.2 Å². The van der Waals surface area contributed by atoms with E-state index in [1.807, 2.05) is 17.5 Å². The molecule has 0 saturated carbocycles. The lowest BCUT2D eigenvalue weighted by molar-refractivity contribution is 0.0465. The number of hydrogen-bond donors (Lipinski definition) is 1. The van der Waals surface area contributed by atoms with E-state index in [9.17, 15) is 13.2 Å². The van der Waals surface area contributed by atoms with Crippen LogP contribution in [0.5, 0.6) is 0 Å². The summed E-state index contributed by atoms with van der Waals surface area (Å²) in [6.07, 6.45) is -0.592. The van der Waals surface area contributed by atoms with Gasteiger partial charge in [0.05, 0.1) is 11.8 Å². The van der Waals surface area contributed by atoms with Gasteiger partial charge in [-0.05, 0) is 32.2 Å². The molecule has 5 nitrogen and oxygen atoms in total. The summed E-state index contributed by atoms with van der Waals surface area (Å²) < 4.78 is 28.2. The van der Waals surface area contributed by atoms with Crippen molar-refractivity contribution in [3.63, 3.8) is 0 Å². The third kappa shape index (κ3) is 6.54. The van der Waals surface area contributed by atoms with Crippen LogP contribution in [0.15, 0.2) is 17.5 Å². The minimum atomic E-state index is -3.70. The molecule has 0 aliphatic heterocycles. The van der Waals surface area contributed by atoms with Crippen molar-refractivity contribution < 1.29 is 17.9 Å². The zero-order valence-corrected chi connectivity index (χ0v) is 15.7. The summed E-state index contributed by atoms with van der Waals surface area (Å²) in [6, 6.07) is 3.17. The van der Waals surface area contributed by atoms with Crippen molar-refractivity contribution in [2.75, 3.05) is 5.75 Å². The monoisotopic (exact) mass is 367 g/mol. The topological polar surface area (TPSA) is 72.5 Å².